The van der Waals surface area contributed by atoms with E-state index in [4.69, 9.17) is 9.97 Å². The van der Waals surface area contributed by atoms with Crippen LogP contribution in [0.5, 0.6) is 0 Å². The number of pyridine rings is 2. The summed E-state index contributed by atoms with van der Waals surface area (Å²) in [6.45, 7) is 0. The first-order valence-corrected chi connectivity index (χ1v) is 24.1. The lowest BCUT2D eigenvalue weighted by Gasteiger charge is -2.17. The summed E-state index contributed by atoms with van der Waals surface area (Å²) in [6.07, 6.45) is 0. The van der Waals surface area contributed by atoms with Crippen LogP contribution in [0.15, 0.2) is 243 Å². The van der Waals surface area contributed by atoms with Crippen molar-refractivity contribution in [3.63, 3.8) is 0 Å². The molecular formula is C68H40N2. The maximum Gasteiger partial charge on any atom is 0.0794 e. The first-order chi connectivity index (χ1) is 34.7. The van der Waals surface area contributed by atoms with E-state index in [0.29, 0.717) is 0 Å². The fourth-order valence-electron chi connectivity index (χ4n) is 11.8. The smallest absolute Gasteiger partial charge is 0.0794 e. The Labute approximate surface area is 403 Å². The number of rotatable bonds is 4. The quantitative estimate of drug-likeness (QED) is 0.165. The highest BCUT2D eigenvalue weighted by Gasteiger charge is 2.19. The second-order valence-electron chi connectivity index (χ2n) is 18.7. The Morgan fingerprint density at radius 1 is 0.200 bits per heavy atom. The van der Waals surface area contributed by atoms with E-state index < -0.39 is 0 Å². The molecule has 0 N–H and O–H groups in total. The van der Waals surface area contributed by atoms with Gasteiger partial charge in [-0.2, -0.15) is 0 Å². The van der Waals surface area contributed by atoms with Gasteiger partial charge in [0.05, 0.1) is 22.4 Å². The fourth-order valence-corrected chi connectivity index (χ4v) is 11.8. The molecule has 2 nitrogen and oxygen atoms in total. The van der Waals surface area contributed by atoms with Crippen molar-refractivity contribution in [1.82, 2.24) is 9.97 Å². The zero-order chi connectivity index (χ0) is 45.9. The van der Waals surface area contributed by atoms with Crippen molar-refractivity contribution < 1.29 is 0 Å². The van der Waals surface area contributed by atoms with Gasteiger partial charge in [-0.1, -0.05) is 212 Å². The highest BCUT2D eigenvalue weighted by atomic mass is 14.7. The molecule has 0 bridgehead atoms. The van der Waals surface area contributed by atoms with Gasteiger partial charge in [-0.3, -0.25) is 0 Å². The summed E-state index contributed by atoms with van der Waals surface area (Å²) in [7, 11) is 0. The molecule has 0 amide bonds. The van der Waals surface area contributed by atoms with Crippen molar-refractivity contribution in [2.45, 2.75) is 0 Å². The topological polar surface area (TPSA) is 25.8 Å². The summed E-state index contributed by atoms with van der Waals surface area (Å²) in [5.74, 6) is 0. The lowest BCUT2D eigenvalue weighted by molar-refractivity contribution is 1.41. The van der Waals surface area contributed by atoms with Crippen LogP contribution in [0.3, 0.4) is 0 Å². The Morgan fingerprint density at radius 3 is 1.13 bits per heavy atom. The van der Waals surface area contributed by atoms with Crippen molar-refractivity contribution in [3.8, 4) is 44.8 Å². The SMILES string of the molecule is c1ccc2c(c1)nc(-c1ccc(-c3cc4c(-c5ccc6c7ccccc7c7ccccc7c6c5)cc(-c5ccc6c7ccccc7c7ccccc7c6c5)nc4c4ccccc34)cc1)c1ccccc12. The van der Waals surface area contributed by atoms with E-state index in [0.717, 1.165) is 66.4 Å². The molecule has 0 atom stereocenters. The zero-order valence-electron chi connectivity index (χ0n) is 38.0. The molecule has 15 rings (SSSR count). The molecule has 0 unspecified atom stereocenters. The molecule has 0 radical (unpaired) electrons. The molecule has 0 spiro atoms. The number of nitrogens with zero attached hydrogens (tertiary/aromatic N) is 2. The van der Waals surface area contributed by atoms with Crippen LogP contribution in [0.4, 0.5) is 0 Å². The minimum absolute atomic E-state index is 0.947. The van der Waals surface area contributed by atoms with Gasteiger partial charge in [-0.05, 0) is 128 Å². The number of aromatic nitrogens is 2. The minimum Gasteiger partial charge on any atom is -0.247 e. The van der Waals surface area contributed by atoms with Gasteiger partial charge in [-0.15, -0.1) is 0 Å². The maximum atomic E-state index is 5.70. The van der Waals surface area contributed by atoms with E-state index in [-0.39, 0.29) is 0 Å². The molecule has 0 saturated heterocycles. The van der Waals surface area contributed by atoms with Crippen molar-refractivity contribution in [2.75, 3.05) is 0 Å². The van der Waals surface area contributed by atoms with E-state index in [9.17, 15) is 0 Å². The lowest BCUT2D eigenvalue weighted by Crippen LogP contribution is -1.94. The van der Waals surface area contributed by atoms with Gasteiger partial charge in [-0.25, -0.2) is 9.97 Å². The fraction of sp³-hybridized carbons (Fsp3) is 0. The van der Waals surface area contributed by atoms with E-state index in [1.807, 2.05) is 0 Å². The standard InChI is InChI=1S/C68H40N2/c1-3-19-49-45(15-1)47-17-5-7-21-51(47)62-37-43(33-35-55(49)62)61-40-66(44-34-36-56-50-20-4-2-16-46(50)48-18-6-8-22-52(48)63(56)38-44)70-68-59-27-12-10-24-54(59)60(39-64(61)68)41-29-31-42(32-30-41)67-58-26-11-9-23-53(58)57-25-13-14-28-65(57)69-67/h1-40H. The van der Waals surface area contributed by atoms with Gasteiger partial charge >= 0.3 is 0 Å². The maximum absolute atomic E-state index is 5.70. The van der Waals surface area contributed by atoms with E-state index >= 15 is 0 Å². The molecule has 15 aromatic rings. The zero-order valence-corrected chi connectivity index (χ0v) is 38.0. The second kappa shape index (κ2) is 15.1. The number of fused-ring (bicyclic) bond motifs is 18. The molecule has 0 saturated carbocycles. The molecule has 0 aliphatic carbocycles. The van der Waals surface area contributed by atoms with Crippen LogP contribution in [0, 0.1) is 0 Å². The molecular weight excluding hydrogens is 845 g/mol. The Kier molecular flexibility index (Phi) is 8.39. The summed E-state index contributed by atoms with van der Waals surface area (Å²) >= 11 is 0. The number of benzene rings is 13. The van der Waals surface area contributed by atoms with Crippen LogP contribution < -0.4 is 0 Å². The Balaban J connectivity index is 0.986. The van der Waals surface area contributed by atoms with Crippen LogP contribution in [0.25, 0.3) is 153 Å². The summed E-state index contributed by atoms with van der Waals surface area (Å²) in [5, 5.41) is 22.0. The predicted molar refractivity (Wildman–Crippen MR) is 299 cm³/mol. The molecule has 70 heavy (non-hydrogen) atoms. The van der Waals surface area contributed by atoms with Crippen molar-refractivity contribution in [2.24, 2.45) is 0 Å². The molecule has 2 heteroatoms. The third-order valence-electron chi connectivity index (χ3n) is 15.0. The predicted octanol–water partition coefficient (Wildman–Crippen LogP) is 18.7. The third-order valence-corrected chi connectivity index (χ3v) is 15.0. The number of para-hydroxylation sites is 1. The first kappa shape index (κ1) is 38.8. The van der Waals surface area contributed by atoms with Crippen LogP contribution in [-0.2, 0) is 0 Å². The van der Waals surface area contributed by atoms with Crippen LogP contribution >= 0.6 is 0 Å². The van der Waals surface area contributed by atoms with Crippen molar-refractivity contribution in [3.05, 3.63) is 243 Å². The van der Waals surface area contributed by atoms with Crippen LogP contribution in [-0.4, -0.2) is 9.97 Å². The average Bonchev–Trinajstić information content (AvgIpc) is 3.44. The van der Waals surface area contributed by atoms with Crippen molar-refractivity contribution in [1.29, 1.82) is 0 Å². The Bertz CT molecular complexity index is 4630. The first-order valence-electron chi connectivity index (χ1n) is 24.1. The molecule has 13 aromatic carbocycles. The monoisotopic (exact) mass is 884 g/mol. The molecule has 2 aromatic heterocycles. The van der Waals surface area contributed by atoms with Gasteiger partial charge in [0.2, 0.25) is 0 Å². The van der Waals surface area contributed by atoms with Gasteiger partial charge in [0.15, 0.2) is 0 Å². The molecule has 0 aliphatic rings. The lowest BCUT2D eigenvalue weighted by atomic mass is 9.88. The summed E-state index contributed by atoms with van der Waals surface area (Å²) in [4.78, 5) is 10.9. The summed E-state index contributed by atoms with van der Waals surface area (Å²) in [5.41, 5.74) is 10.7. The van der Waals surface area contributed by atoms with Crippen molar-refractivity contribution >= 4 is 108 Å². The highest BCUT2D eigenvalue weighted by molar-refractivity contribution is 6.28. The van der Waals surface area contributed by atoms with Gasteiger partial charge in [0.25, 0.3) is 0 Å². The largest absolute Gasteiger partial charge is 0.247 e. The van der Waals surface area contributed by atoms with Gasteiger partial charge in [0, 0.05) is 32.7 Å². The highest BCUT2D eigenvalue weighted by Crippen LogP contribution is 2.45. The van der Waals surface area contributed by atoms with Gasteiger partial charge in [0.1, 0.15) is 0 Å². The molecule has 0 aliphatic heterocycles. The Hall–Kier alpha value is -9.24. The second-order valence-corrected chi connectivity index (χ2v) is 18.7. The van der Waals surface area contributed by atoms with Crippen LogP contribution in [0.2, 0.25) is 0 Å². The Morgan fingerprint density at radius 2 is 0.571 bits per heavy atom. The normalized spacial score (nSPS) is 12.0. The van der Waals surface area contributed by atoms with E-state index in [1.54, 1.807) is 0 Å². The van der Waals surface area contributed by atoms with Gasteiger partial charge < -0.3 is 0 Å². The summed E-state index contributed by atoms with van der Waals surface area (Å²) in [6, 6.07) is 89.0. The number of hydrogen-bond donors (Lipinski definition) is 0. The number of hydrogen-bond acceptors (Lipinski definition) is 2. The van der Waals surface area contributed by atoms with E-state index in [2.05, 4.69) is 243 Å². The molecule has 0 fully saturated rings. The third kappa shape index (κ3) is 5.81. The van der Waals surface area contributed by atoms with E-state index in [1.165, 1.54) is 86.4 Å². The minimum atomic E-state index is 0.947. The summed E-state index contributed by atoms with van der Waals surface area (Å²) < 4.78 is 0. The average molecular weight is 885 g/mol. The molecule has 2 heterocycles. The molecule has 322 valence electrons. The van der Waals surface area contributed by atoms with Crippen LogP contribution in [0.1, 0.15) is 0 Å².